The number of imide groups is 1. The van der Waals surface area contributed by atoms with Gasteiger partial charge in [-0.1, -0.05) is 12.0 Å². The molecule has 0 aromatic carbocycles. The third-order valence-corrected chi connectivity index (χ3v) is 3.91. The predicted octanol–water partition coefficient (Wildman–Crippen LogP) is -1.41. The number of carbonyl (C=O) groups excluding carboxylic acids is 2. The molecule has 2 aliphatic heterocycles. The van der Waals surface area contributed by atoms with Crippen LogP contribution in [0.5, 0.6) is 0 Å². The van der Waals surface area contributed by atoms with Gasteiger partial charge in [-0.05, 0) is 0 Å². The number of nitrogens with one attached hydrogen (secondary N) is 1. The first-order chi connectivity index (χ1) is 11.1. The summed E-state index contributed by atoms with van der Waals surface area (Å²) in [7, 11) is 0. The normalized spacial score (nSPS) is 30.7. The number of nitrogens with zero attached hydrogens (tertiary/aromatic N) is 3. The van der Waals surface area contributed by atoms with E-state index >= 15 is 0 Å². The molecule has 0 aliphatic carbocycles. The summed E-state index contributed by atoms with van der Waals surface area (Å²) in [5.41, 5.74) is 6.86. The maximum atomic E-state index is 12.5. The number of ether oxygens (including phenoxy) is 1. The summed E-state index contributed by atoms with van der Waals surface area (Å²) >= 11 is 0. The van der Waals surface area contributed by atoms with E-state index in [4.69, 9.17) is 16.7 Å². The second kappa shape index (κ2) is 7.26. The van der Waals surface area contributed by atoms with Crippen molar-refractivity contribution in [2.24, 2.45) is 11.0 Å². The summed E-state index contributed by atoms with van der Waals surface area (Å²) in [6.07, 6.45) is 5.49. The lowest BCUT2D eigenvalue weighted by molar-refractivity contribution is -0.148. The van der Waals surface area contributed by atoms with Crippen molar-refractivity contribution in [3.05, 3.63) is 11.6 Å². The molecule has 23 heavy (non-hydrogen) atoms. The van der Waals surface area contributed by atoms with Crippen LogP contribution in [0.3, 0.4) is 0 Å². The van der Waals surface area contributed by atoms with Crippen LogP contribution in [0.1, 0.15) is 6.42 Å². The molecule has 1 fully saturated rings. The minimum Gasteiger partial charge on any atom is -0.394 e. The summed E-state index contributed by atoms with van der Waals surface area (Å²) < 4.78 is 5.62. The quantitative estimate of drug-likeness (QED) is 0.247. The highest BCUT2D eigenvalue weighted by Gasteiger charge is 2.46. The van der Waals surface area contributed by atoms with E-state index in [1.165, 1.54) is 6.08 Å². The zero-order valence-corrected chi connectivity index (χ0v) is 12.3. The zero-order chi connectivity index (χ0) is 17.0. The van der Waals surface area contributed by atoms with Gasteiger partial charge in [0, 0.05) is 12.0 Å². The molecule has 2 heterocycles. The average molecular weight is 321 g/mol. The van der Waals surface area contributed by atoms with Crippen LogP contribution in [0.4, 0.5) is 0 Å². The number of terminal acetylenes is 1. The Morgan fingerprint density at radius 2 is 2.26 bits per heavy atom. The van der Waals surface area contributed by atoms with Crippen LogP contribution in [0.2, 0.25) is 0 Å². The average Bonchev–Trinajstić information content (AvgIpc) is 2.95. The fourth-order valence-electron chi connectivity index (χ4n) is 2.79. The van der Waals surface area contributed by atoms with Crippen LogP contribution < -0.4 is 4.91 Å². The fraction of sp³-hybridized carbons (Fsp3) is 0.571. The van der Waals surface area contributed by atoms with Crippen LogP contribution in [0, 0.1) is 23.8 Å². The standard InChI is InChI=1S/C14H17N4O5/c1-2-3-18-13(21)8(6-19)4-9(14(18)22)11-5-10(16-17-15)12(7-20)23-11/h1,4,9-12,15,19-20H,3,5-7H2/q+1. The van der Waals surface area contributed by atoms with Gasteiger partial charge in [0.1, 0.15) is 16.7 Å². The Morgan fingerprint density at radius 1 is 1.52 bits per heavy atom. The lowest BCUT2D eigenvalue weighted by Crippen LogP contribution is -2.48. The maximum Gasteiger partial charge on any atom is 0.259 e. The zero-order valence-electron chi connectivity index (χ0n) is 12.3. The number of aliphatic hydroxyl groups excluding tert-OH is 2. The Labute approximate surface area is 132 Å². The van der Waals surface area contributed by atoms with Gasteiger partial charge in [0.15, 0.2) is 6.04 Å². The van der Waals surface area contributed by atoms with Gasteiger partial charge in [0.05, 0.1) is 31.8 Å². The lowest BCUT2D eigenvalue weighted by atomic mass is 9.91. The van der Waals surface area contributed by atoms with E-state index in [9.17, 15) is 19.8 Å². The van der Waals surface area contributed by atoms with Crippen molar-refractivity contribution in [3.63, 3.8) is 0 Å². The fourth-order valence-corrected chi connectivity index (χ4v) is 2.79. The second-order valence-electron chi connectivity index (χ2n) is 5.22. The summed E-state index contributed by atoms with van der Waals surface area (Å²) in [6.45, 7) is -1.04. The first kappa shape index (κ1) is 17.0. The Hall–Kier alpha value is -2.37. The maximum absolute atomic E-state index is 12.5. The Morgan fingerprint density at radius 3 is 2.83 bits per heavy atom. The van der Waals surface area contributed by atoms with E-state index < -0.39 is 42.6 Å². The Kier molecular flexibility index (Phi) is 5.36. The molecule has 0 spiro atoms. The van der Waals surface area contributed by atoms with Gasteiger partial charge in [-0.15, -0.1) is 6.42 Å². The van der Waals surface area contributed by atoms with Crippen LogP contribution in [-0.4, -0.2) is 64.9 Å². The molecular weight excluding hydrogens is 304 g/mol. The van der Waals surface area contributed by atoms with Crippen molar-refractivity contribution >= 4 is 11.8 Å². The summed E-state index contributed by atoms with van der Waals surface area (Å²) in [5.74, 6) is 0.285. The molecule has 2 rings (SSSR count). The summed E-state index contributed by atoms with van der Waals surface area (Å²) in [4.78, 5) is 28.4. The van der Waals surface area contributed by atoms with Gasteiger partial charge in [-0.2, -0.15) is 0 Å². The van der Waals surface area contributed by atoms with Gasteiger partial charge in [0.2, 0.25) is 10.8 Å². The van der Waals surface area contributed by atoms with Crippen LogP contribution in [0.25, 0.3) is 0 Å². The highest BCUT2D eigenvalue weighted by atomic mass is 16.5. The van der Waals surface area contributed by atoms with E-state index in [0.29, 0.717) is 0 Å². The van der Waals surface area contributed by atoms with Crippen molar-refractivity contribution in [1.29, 1.82) is 5.53 Å². The molecule has 3 N–H and O–H groups in total. The van der Waals surface area contributed by atoms with Gasteiger partial charge >= 0.3 is 0 Å². The molecule has 0 saturated carbocycles. The predicted molar refractivity (Wildman–Crippen MR) is 75.6 cm³/mol. The number of amides is 2. The molecule has 4 atom stereocenters. The minimum atomic E-state index is -0.816. The molecule has 2 aliphatic rings. The molecule has 9 nitrogen and oxygen atoms in total. The van der Waals surface area contributed by atoms with Gasteiger partial charge in [-0.25, -0.2) is 0 Å². The number of hydrogen-bond donors (Lipinski definition) is 3. The van der Waals surface area contributed by atoms with Crippen LogP contribution in [0.15, 0.2) is 16.8 Å². The second-order valence-corrected chi connectivity index (χ2v) is 5.22. The molecule has 4 unspecified atom stereocenters. The SMILES string of the molecule is C#CCN1C(=O)C(CO)=CC(C2CC(N=[N+]=N)C(CO)O2)C1=O. The van der Waals surface area contributed by atoms with E-state index in [1.807, 2.05) is 0 Å². The molecule has 0 radical (unpaired) electrons. The van der Waals surface area contributed by atoms with Gasteiger partial charge in [0.25, 0.3) is 5.91 Å². The topological polar surface area (TPSA) is 137 Å². The largest absolute Gasteiger partial charge is 0.394 e. The van der Waals surface area contributed by atoms with E-state index in [0.717, 1.165) is 4.90 Å². The van der Waals surface area contributed by atoms with E-state index in [-0.39, 0.29) is 25.1 Å². The number of carbonyl (C=O) groups is 2. The molecule has 9 heteroatoms. The smallest absolute Gasteiger partial charge is 0.259 e. The molecule has 0 aromatic rings. The highest BCUT2D eigenvalue weighted by Crippen LogP contribution is 2.32. The molecule has 122 valence electrons. The Balaban J connectivity index is 2.29. The van der Waals surface area contributed by atoms with Crippen molar-refractivity contribution in [2.45, 2.75) is 24.7 Å². The number of aliphatic hydroxyl groups is 2. The minimum absolute atomic E-state index is 0.0690. The van der Waals surface area contributed by atoms with Crippen molar-refractivity contribution in [3.8, 4) is 12.3 Å². The third kappa shape index (κ3) is 3.21. The van der Waals surface area contributed by atoms with Crippen molar-refractivity contribution in [2.75, 3.05) is 19.8 Å². The third-order valence-electron chi connectivity index (χ3n) is 3.91. The van der Waals surface area contributed by atoms with Crippen LogP contribution >= 0.6 is 0 Å². The van der Waals surface area contributed by atoms with Crippen molar-refractivity contribution in [1.82, 2.24) is 9.81 Å². The molecule has 1 saturated heterocycles. The first-order valence-corrected chi connectivity index (χ1v) is 7.01. The summed E-state index contributed by atoms with van der Waals surface area (Å²) in [5, 5.41) is 22.3. The van der Waals surface area contributed by atoms with E-state index in [1.54, 1.807) is 0 Å². The summed E-state index contributed by atoms with van der Waals surface area (Å²) in [6, 6.07) is -0.542. The lowest BCUT2D eigenvalue weighted by Gasteiger charge is -2.31. The molecular formula is C14H17N4O5+. The van der Waals surface area contributed by atoms with Gasteiger partial charge < -0.3 is 14.9 Å². The Bertz CT molecular complexity index is 619. The molecule has 0 bridgehead atoms. The first-order valence-electron chi connectivity index (χ1n) is 7.01. The van der Waals surface area contributed by atoms with E-state index in [2.05, 4.69) is 15.9 Å². The molecule has 2 amide bonds. The highest BCUT2D eigenvalue weighted by molar-refractivity contribution is 6.08. The van der Waals surface area contributed by atoms with Crippen molar-refractivity contribution < 1.29 is 24.5 Å². The van der Waals surface area contributed by atoms with Crippen LogP contribution in [-0.2, 0) is 14.3 Å². The monoisotopic (exact) mass is 321 g/mol. The van der Waals surface area contributed by atoms with Gasteiger partial charge in [-0.3, -0.25) is 14.5 Å². The number of hydrogen-bond acceptors (Lipinski definition) is 7. The molecule has 0 aromatic heterocycles. The number of rotatable bonds is 5.